The van der Waals surface area contributed by atoms with Crippen molar-refractivity contribution in [2.75, 3.05) is 59.5 Å². The Hall–Kier alpha value is -0.850. The Balaban J connectivity index is 1.38. The molecule has 0 aromatic heterocycles. The van der Waals surface area contributed by atoms with Crippen molar-refractivity contribution in [2.24, 2.45) is 10.9 Å². The number of aliphatic imine (C=N–C) groups is 1. The fraction of sp³-hybridized carbons (Fsp3) is 0.955. The van der Waals surface area contributed by atoms with Crippen molar-refractivity contribution < 1.29 is 4.74 Å². The molecule has 0 atom stereocenters. The van der Waals surface area contributed by atoms with Crippen LogP contribution < -0.4 is 10.6 Å². The van der Waals surface area contributed by atoms with Gasteiger partial charge in [-0.1, -0.05) is 12.8 Å². The lowest BCUT2D eigenvalue weighted by molar-refractivity contribution is 0.121. The lowest BCUT2D eigenvalue weighted by Gasteiger charge is -2.36. The molecule has 162 valence electrons. The Labute approximate surface area is 172 Å². The molecule has 6 nitrogen and oxygen atoms in total. The average Bonchev–Trinajstić information content (AvgIpc) is 3.27. The number of likely N-dealkylation sites (tertiary alicyclic amines) is 2. The highest BCUT2D eigenvalue weighted by atomic mass is 16.5. The van der Waals surface area contributed by atoms with Crippen LogP contribution in [0.15, 0.2) is 4.99 Å². The lowest BCUT2D eigenvalue weighted by Crippen LogP contribution is -2.50. The second-order valence-corrected chi connectivity index (χ2v) is 8.89. The SMILES string of the molecule is CCNC(=NCC1CCN(CCOC)CC1)NC1CCN(C2CCCC2)CC1. The number of guanidine groups is 1. The fourth-order valence-corrected chi connectivity index (χ4v) is 5.03. The van der Waals surface area contributed by atoms with E-state index in [9.17, 15) is 0 Å². The Kier molecular flexibility index (Phi) is 9.35. The van der Waals surface area contributed by atoms with Crippen LogP contribution in [-0.2, 0) is 4.74 Å². The molecule has 0 aromatic rings. The van der Waals surface area contributed by atoms with Crippen molar-refractivity contribution in [2.45, 2.75) is 70.4 Å². The highest BCUT2D eigenvalue weighted by Crippen LogP contribution is 2.26. The molecule has 2 N–H and O–H groups in total. The van der Waals surface area contributed by atoms with Gasteiger partial charge in [0, 0.05) is 51.9 Å². The van der Waals surface area contributed by atoms with Gasteiger partial charge in [0.25, 0.3) is 0 Å². The van der Waals surface area contributed by atoms with E-state index in [1.54, 1.807) is 7.11 Å². The van der Waals surface area contributed by atoms with Crippen LogP contribution in [0.3, 0.4) is 0 Å². The minimum absolute atomic E-state index is 0.575. The molecule has 1 aliphatic carbocycles. The molecular formula is C22H43N5O. The van der Waals surface area contributed by atoms with E-state index in [0.717, 1.165) is 44.2 Å². The summed E-state index contributed by atoms with van der Waals surface area (Å²) in [6.45, 7) is 10.8. The Morgan fingerprint density at radius 3 is 2.36 bits per heavy atom. The van der Waals surface area contributed by atoms with Gasteiger partial charge in [-0.05, 0) is 64.5 Å². The second-order valence-electron chi connectivity index (χ2n) is 8.89. The fourth-order valence-electron chi connectivity index (χ4n) is 5.03. The average molecular weight is 394 g/mol. The van der Waals surface area contributed by atoms with Crippen LogP contribution in [0, 0.1) is 5.92 Å². The Morgan fingerprint density at radius 1 is 1.00 bits per heavy atom. The van der Waals surface area contributed by atoms with Gasteiger partial charge in [-0.3, -0.25) is 4.99 Å². The molecule has 0 radical (unpaired) electrons. The standard InChI is InChI=1S/C22H43N5O/c1-3-23-22(24-18-19-8-12-26(13-9-19)16-17-28-2)25-20-10-14-27(15-11-20)21-6-4-5-7-21/h19-21H,3-18H2,1-2H3,(H2,23,24,25). The van der Waals surface area contributed by atoms with Crippen LogP contribution in [0.2, 0.25) is 0 Å². The molecular weight excluding hydrogens is 350 g/mol. The van der Waals surface area contributed by atoms with Gasteiger partial charge in [0.05, 0.1) is 6.61 Å². The number of hydrogen-bond donors (Lipinski definition) is 2. The van der Waals surface area contributed by atoms with Crippen molar-refractivity contribution in [3.8, 4) is 0 Å². The maximum atomic E-state index is 5.20. The van der Waals surface area contributed by atoms with E-state index in [-0.39, 0.29) is 0 Å². The van der Waals surface area contributed by atoms with Gasteiger partial charge in [-0.2, -0.15) is 0 Å². The predicted octanol–water partition coefficient (Wildman–Crippen LogP) is 2.31. The van der Waals surface area contributed by atoms with Crippen LogP contribution in [0.25, 0.3) is 0 Å². The van der Waals surface area contributed by atoms with Gasteiger partial charge in [-0.15, -0.1) is 0 Å². The maximum absolute atomic E-state index is 5.20. The first-order chi connectivity index (χ1) is 13.8. The molecule has 2 aliphatic heterocycles. The van der Waals surface area contributed by atoms with Crippen LogP contribution in [0.4, 0.5) is 0 Å². The molecule has 3 rings (SSSR count). The summed E-state index contributed by atoms with van der Waals surface area (Å²) < 4.78 is 5.20. The van der Waals surface area contributed by atoms with E-state index in [4.69, 9.17) is 9.73 Å². The van der Waals surface area contributed by atoms with Gasteiger partial charge in [0.15, 0.2) is 5.96 Å². The van der Waals surface area contributed by atoms with Crippen molar-refractivity contribution in [1.82, 2.24) is 20.4 Å². The summed E-state index contributed by atoms with van der Waals surface area (Å²) in [6.07, 6.45) is 10.7. The predicted molar refractivity (Wildman–Crippen MR) is 117 cm³/mol. The molecule has 28 heavy (non-hydrogen) atoms. The van der Waals surface area contributed by atoms with E-state index in [0.29, 0.717) is 6.04 Å². The highest BCUT2D eigenvalue weighted by Gasteiger charge is 2.27. The Bertz CT molecular complexity index is 450. The number of methoxy groups -OCH3 is 1. The topological polar surface area (TPSA) is 52.1 Å². The van der Waals surface area contributed by atoms with Crippen molar-refractivity contribution in [3.63, 3.8) is 0 Å². The third-order valence-corrected chi connectivity index (χ3v) is 6.88. The second kappa shape index (κ2) is 12.0. The molecule has 0 aromatic carbocycles. The zero-order valence-corrected chi connectivity index (χ0v) is 18.3. The number of rotatable bonds is 8. The molecule has 0 unspecified atom stereocenters. The third kappa shape index (κ3) is 6.89. The van der Waals surface area contributed by atoms with Crippen LogP contribution in [-0.4, -0.2) is 87.4 Å². The highest BCUT2D eigenvalue weighted by molar-refractivity contribution is 5.80. The quantitative estimate of drug-likeness (QED) is 0.490. The maximum Gasteiger partial charge on any atom is 0.191 e. The van der Waals surface area contributed by atoms with E-state index in [2.05, 4.69) is 27.4 Å². The number of hydrogen-bond acceptors (Lipinski definition) is 4. The zero-order valence-electron chi connectivity index (χ0n) is 18.3. The summed E-state index contributed by atoms with van der Waals surface area (Å²) in [5, 5.41) is 7.20. The zero-order chi connectivity index (χ0) is 19.6. The first-order valence-electron chi connectivity index (χ1n) is 11.8. The molecule has 6 heteroatoms. The summed E-state index contributed by atoms with van der Waals surface area (Å²) in [4.78, 5) is 10.2. The van der Waals surface area contributed by atoms with Crippen molar-refractivity contribution >= 4 is 5.96 Å². The van der Waals surface area contributed by atoms with Crippen molar-refractivity contribution in [3.05, 3.63) is 0 Å². The molecule has 0 spiro atoms. The molecule has 3 aliphatic rings. The van der Waals surface area contributed by atoms with Gasteiger partial charge in [-0.25, -0.2) is 0 Å². The first kappa shape index (κ1) is 21.8. The minimum Gasteiger partial charge on any atom is -0.383 e. The van der Waals surface area contributed by atoms with Gasteiger partial charge < -0.3 is 25.2 Å². The van der Waals surface area contributed by atoms with Crippen LogP contribution in [0.5, 0.6) is 0 Å². The normalized spacial score (nSPS) is 24.7. The van der Waals surface area contributed by atoms with E-state index in [1.807, 2.05) is 0 Å². The molecule has 1 saturated carbocycles. The largest absolute Gasteiger partial charge is 0.383 e. The third-order valence-electron chi connectivity index (χ3n) is 6.88. The summed E-state index contributed by atoms with van der Waals surface area (Å²) in [5.41, 5.74) is 0. The molecule has 0 amide bonds. The van der Waals surface area contributed by atoms with E-state index >= 15 is 0 Å². The van der Waals surface area contributed by atoms with Gasteiger partial charge in [0.2, 0.25) is 0 Å². The Morgan fingerprint density at radius 2 is 1.71 bits per heavy atom. The van der Waals surface area contributed by atoms with Crippen molar-refractivity contribution in [1.29, 1.82) is 0 Å². The monoisotopic (exact) mass is 393 g/mol. The summed E-state index contributed by atoms with van der Waals surface area (Å²) in [6, 6.07) is 1.45. The number of nitrogens with one attached hydrogen (secondary N) is 2. The van der Waals surface area contributed by atoms with E-state index < -0.39 is 0 Å². The summed E-state index contributed by atoms with van der Waals surface area (Å²) in [5.74, 6) is 1.75. The van der Waals surface area contributed by atoms with Gasteiger partial charge >= 0.3 is 0 Å². The molecule has 2 saturated heterocycles. The lowest BCUT2D eigenvalue weighted by atomic mass is 9.97. The van der Waals surface area contributed by atoms with E-state index in [1.165, 1.54) is 77.5 Å². The number of ether oxygens (including phenoxy) is 1. The van der Waals surface area contributed by atoms with Crippen LogP contribution in [0.1, 0.15) is 58.3 Å². The number of nitrogens with zero attached hydrogens (tertiary/aromatic N) is 3. The summed E-state index contributed by atoms with van der Waals surface area (Å²) in [7, 11) is 1.79. The summed E-state index contributed by atoms with van der Waals surface area (Å²) >= 11 is 0. The van der Waals surface area contributed by atoms with Gasteiger partial charge in [0.1, 0.15) is 0 Å². The minimum atomic E-state index is 0.575. The first-order valence-corrected chi connectivity index (χ1v) is 11.8. The smallest absolute Gasteiger partial charge is 0.191 e. The molecule has 2 heterocycles. The molecule has 0 bridgehead atoms. The molecule has 3 fully saturated rings. The number of piperidine rings is 2. The van der Waals surface area contributed by atoms with Crippen LogP contribution >= 0.6 is 0 Å².